The summed E-state index contributed by atoms with van der Waals surface area (Å²) in [7, 11) is 1.57. The van der Waals surface area contributed by atoms with Crippen molar-refractivity contribution in [2.45, 2.75) is 38.6 Å². The van der Waals surface area contributed by atoms with Gasteiger partial charge in [-0.05, 0) is 18.9 Å². The molecule has 1 aromatic carbocycles. The standard InChI is InChI=1S/C25H30FN5O6/c1-29-15-30-10-6-4-2-3-5-9-27-20(32)14-37-19-11-17(26)8-7-16(19)12-28-24(35)18-13-31(30)21(25(29)36)23(34)22(18)33/h7-8,11,13,34H,2-6,9-10,12,14-15H2,1H3,(H,27,32)(H,28,35). The van der Waals surface area contributed by atoms with Crippen molar-refractivity contribution in [2.75, 3.05) is 38.4 Å². The Morgan fingerprint density at radius 1 is 1.03 bits per heavy atom. The number of fused-ring (bicyclic) bond motifs is 2. The van der Waals surface area contributed by atoms with Crippen molar-refractivity contribution < 1.29 is 28.6 Å². The Kier molecular flexibility index (Phi) is 7.95. The van der Waals surface area contributed by atoms with Crippen LogP contribution < -0.4 is 25.8 Å². The van der Waals surface area contributed by atoms with E-state index in [0.717, 1.165) is 38.2 Å². The summed E-state index contributed by atoms with van der Waals surface area (Å²) in [5.74, 6) is -2.95. The number of pyridine rings is 1. The number of halogens is 1. The SMILES string of the molecule is CN1CN2CCCCCCCNC(=O)COc3cc(F)ccc3CNC(=O)c3cn2c(c(O)c3=O)C1=O. The highest BCUT2D eigenvalue weighted by Gasteiger charge is 2.32. The number of nitrogens with one attached hydrogen (secondary N) is 2. The van der Waals surface area contributed by atoms with Gasteiger partial charge >= 0.3 is 0 Å². The molecule has 4 rings (SSSR count). The highest BCUT2D eigenvalue weighted by molar-refractivity contribution is 5.99. The van der Waals surface area contributed by atoms with Gasteiger partial charge in [0.2, 0.25) is 5.43 Å². The van der Waals surface area contributed by atoms with Gasteiger partial charge in [0.15, 0.2) is 18.1 Å². The van der Waals surface area contributed by atoms with Crippen molar-refractivity contribution in [1.82, 2.24) is 20.2 Å². The number of benzene rings is 1. The fourth-order valence-electron chi connectivity index (χ4n) is 4.36. The third-order valence-electron chi connectivity index (χ3n) is 6.38. The second-order valence-electron chi connectivity index (χ2n) is 9.13. The number of rotatable bonds is 0. The molecule has 3 N–H and O–H groups in total. The van der Waals surface area contributed by atoms with Gasteiger partial charge in [0.25, 0.3) is 17.7 Å². The minimum Gasteiger partial charge on any atom is -0.502 e. The summed E-state index contributed by atoms with van der Waals surface area (Å²) < 4.78 is 20.7. The molecule has 2 aliphatic heterocycles. The van der Waals surface area contributed by atoms with E-state index in [2.05, 4.69) is 10.6 Å². The summed E-state index contributed by atoms with van der Waals surface area (Å²) in [5.41, 5.74) is -1.12. The van der Waals surface area contributed by atoms with Crippen LogP contribution >= 0.6 is 0 Å². The monoisotopic (exact) mass is 515 g/mol. The molecule has 0 aliphatic carbocycles. The first-order chi connectivity index (χ1) is 17.8. The number of carbonyl (C=O) groups excluding carboxylic acids is 3. The van der Waals surface area contributed by atoms with Gasteiger partial charge in [0.1, 0.15) is 23.8 Å². The fraction of sp³-hybridized carbons (Fsp3) is 0.440. The zero-order chi connectivity index (χ0) is 26.5. The van der Waals surface area contributed by atoms with Gasteiger partial charge in [-0.15, -0.1) is 0 Å². The van der Waals surface area contributed by atoms with Gasteiger partial charge < -0.3 is 25.4 Å². The summed E-state index contributed by atoms with van der Waals surface area (Å²) in [5, 5.41) is 17.8. The van der Waals surface area contributed by atoms with E-state index >= 15 is 0 Å². The van der Waals surface area contributed by atoms with Crippen molar-refractivity contribution in [3.8, 4) is 11.5 Å². The molecular formula is C25H30FN5O6. The Balaban J connectivity index is 1.66. The van der Waals surface area contributed by atoms with Gasteiger partial charge in [-0.3, -0.25) is 28.9 Å². The average Bonchev–Trinajstić information content (AvgIpc) is 2.87. The smallest absolute Gasteiger partial charge is 0.277 e. The predicted octanol–water partition coefficient (Wildman–Crippen LogP) is 1.06. The van der Waals surface area contributed by atoms with Crippen molar-refractivity contribution in [2.24, 2.45) is 0 Å². The van der Waals surface area contributed by atoms with Crippen molar-refractivity contribution in [3.05, 3.63) is 57.3 Å². The van der Waals surface area contributed by atoms with E-state index in [1.165, 1.54) is 27.9 Å². The second kappa shape index (κ2) is 11.3. The van der Waals surface area contributed by atoms with Crippen LogP contribution in [-0.2, 0) is 11.3 Å². The predicted molar refractivity (Wildman–Crippen MR) is 132 cm³/mol. The highest BCUT2D eigenvalue weighted by Crippen LogP contribution is 2.22. The van der Waals surface area contributed by atoms with Gasteiger partial charge in [-0.1, -0.05) is 25.3 Å². The van der Waals surface area contributed by atoms with Crippen LogP contribution in [0.5, 0.6) is 11.5 Å². The molecule has 3 amide bonds. The first-order valence-electron chi connectivity index (χ1n) is 12.2. The Morgan fingerprint density at radius 2 is 1.78 bits per heavy atom. The van der Waals surface area contributed by atoms with Crippen molar-refractivity contribution in [3.63, 3.8) is 0 Å². The third kappa shape index (κ3) is 5.84. The molecule has 1 aromatic heterocycles. The van der Waals surface area contributed by atoms with Crippen LogP contribution in [0.1, 0.15) is 58.5 Å². The van der Waals surface area contributed by atoms with E-state index in [0.29, 0.717) is 18.7 Å². The molecule has 0 saturated heterocycles. The Morgan fingerprint density at radius 3 is 2.59 bits per heavy atom. The van der Waals surface area contributed by atoms with Crippen molar-refractivity contribution in [1.29, 1.82) is 0 Å². The van der Waals surface area contributed by atoms with Gasteiger partial charge in [0.05, 0.1) is 0 Å². The van der Waals surface area contributed by atoms with E-state index in [1.54, 1.807) is 12.1 Å². The first kappa shape index (κ1) is 26.0. The maximum atomic E-state index is 13.8. The van der Waals surface area contributed by atoms with E-state index in [9.17, 15) is 28.7 Å². The molecule has 2 aliphatic rings. The minimum absolute atomic E-state index is 0.0784. The van der Waals surface area contributed by atoms with E-state index in [4.69, 9.17) is 4.74 Å². The molecule has 0 fully saturated rings. The fourth-order valence-corrected chi connectivity index (χ4v) is 4.36. The Bertz CT molecular complexity index is 1260. The lowest BCUT2D eigenvalue weighted by molar-refractivity contribution is -0.123. The van der Waals surface area contributed by atoms with E-state index in [1.807, 2.05) is 0 Å². The molecule has 11 nitrogen and oxygen atoms in total. The zero-order valence-electron chi connectivity index (χ0n) is 20.6. The molecule has 2 bridgehead atoms. The summed E-state index contributed by atoms with van der Waals surface area (Å²) in [6.45, 7) is 0.792. The number of hydrogen-bond donors (Lipinski definition) is 3. The number of amides is 3. The van der Waals surface area contributed by atoms with Crippen LogP contribution in [0.2, 0.25) is 0 Å². The highest BCUT2D eigenvalue weighted by atomic mass is 19.1. The molecule has 3 heterocycles. The lowest BCUT2D eigenvalue weighted by Crippen LogP contribution is -2.53. The quantitative estimate of drug-likeness (QED) is 0.478. The molecule has 0 saturated carbocycles. The number of carbonyl (C=O) groups is 3. The number of aromatic hydroxyl groups is 1. The summed E-state index contributed by atoms with van der Waals surface area (Å²) in [4.78, 5) is 52.1. The molecule has 0 unspecified atom stereocenters. The maximum Gasteiger partial charge on any atom is 0.277 e. The zero-order valence-corrected chi connectivity index (χ0v) is 20.6. The third-order valence-corrected chi connectivity index (χ3v) is 6.38. The molecule has 2 aromatic rings. The molecule has 0 radical (unpaired) electrons. The van der Waals surface area contributed by atoms with Gasteiger partial charge in [-0.2, -0.15) is 0 Å². The van der Waals surface area contributed by atoms with Crippen LogP contribution in [-0.4, -0.2) is 65.8 Å². The topological polar surface area (TPSA) is 133 Å². The van der Waals surface area contributed by atoms with Gasteiger partial charge in [-0.25, -0.2) is 4.39 Å². The van der Waals surface area contributed by atoms with Gasteiger partial charge in [0, 0.05) is 44.5 Å². The number of hydrogen-bond acceptors (Lipinski definition) is 7. The van der Waals surface area contributed by atoms with E-state index in [-0.39, 0.29) is 42.7 Å². The first-order valence-corrected chi connectivity index (χ1v) is 12.2. The molecule has 12 heteroatoms. The Hall–Kier alpha value is -4.09. The molecule has 37 heavy (non-hydrogen) atoms. The second-order valence-corrected chi connectivity index (χ2v) is 9.13. The number of nitrogens with zero attached hydrogens (tertiary/aromatic N) is 3. The molecule has 0 spiro atoms. The van der Waals surface area contributed by atoms with Crippen LogP contribution in [0.3, 0.4) is 0 Å². The van der Waals surface area contributed by atoms with Crippen LogP contribution in [0.25, 0.3) is 0 Å². The molecule has 198 valence electrons. The van der Waals surface area contributed by atoms with E-state index < -0.39 is 28.8 Å². The largest absolute Gasteiger partial charge is 0.502 e. The molecular weight excluding hydrogens is 485 g/mol. The van der Waals surface area contributed by atoms with Crippen molar-refractivity contribution >= 4 is 17.7 Å². The summed E-state index contributed by atoms with van der Waals surface area (Å²) in [6, 6.07) is 3.70. The Labute approximate surface area is 212 Å². The lowest BCUT2D eigenvalue weighted by atomic mass is 10.1. The normalized spacial score (nSPS) is 17.8. The minimum atomic E-state index is -0.971. The van der Waals surface area contributed by atoms with Crippen LogP contribution in [0, 0.1) is 5.82 Å². The molecule has 0 atom stereocenters. The average molecular weight is 516 g/mol. The van der Waals surface area contributed by atoms with Crippen LogP contribution in [0.4, 0.5) is 4.39 Å². The lowest BCUT2D eigenvalue weighted by Gasteiger charge is -2.38. The van der Waals surface area contributed by atoms with Crippen LogP contribution in [0.15, 0.2) is 29.2 Å². The summed E-state index contributed by atoms with van der Waals surface area (Å²) >= 11 is 0. The number of aromatic nitrogens is 1. The summed E-state index contributed by atoms with van der Waals surface area (Å²) in [6.07, 6.45) is 5.57. The number of ether oxygens (including phenoxy) is 1. The maximum absolute atomic E-state index is 13.8.